The normalized spacial score (nSPS) is 12.7. The molecule has 1 unspecified atom stereocenters. The average Bonchev–Trinajstić information content (AvgIpc) is 3.24. The van der Waals surface area contributed by atoms with Gasteiger partial charge in [0.15, 0.2) is 5.78 Å². The number of Topliss-reactive ketones (excluding diaryl/α,β-unsaturated/α-hetero) is 1. The number of hydrogen-bond acceptors (Lipinski definition) is 7. The standard InChI is InChI=1S/C27H29NO7/c1-5-18-9-10-19-14-20(34-23(19)13-18)12-17(3)25(30)24-21(29)15-22(35-26(24)31)16(2)8-6-7-11-28-27(32)33-4/h7,9-16,29H,5-6,8H2,1-4H3,(H,28,32)/b11-7+,17-12?. The second-order valence-corrected chi connectivity index (χ2v) is 8.24. The number of aryl methyl sites for hydroxylation is 1. The molecule has 2 heterocycles. The number of alkyl carbamates (subject to hydrolysis) is 1. The topological polar surface area (TPSA) is 119 Å². The first-order valence-corrected chi connectivity index (χ1v) is 11.4. The third-order valence-electron chi connectivity index (χ3n) is 5.66. The minimum atomic E-state index is -0.898. The van der Waals surface area contributed by atoms with E-state index in [9.17, 15) is 19.5 Å². The summed E-state index contributed by atoms with van der Waals surface area (Å²) >= 11 is 0. The van der Waals surface area contributed by atoms with Crippen molar-refractivity contribution in [3.8, 4) is 5.75 Å². The number of carbonyl (C=O) groups excluding carboxylic acids is 2. The second kappa shape index (κ2) is 11.4. The van der Waals surface area contributed by atoms with Gasteiger partial charge in [0, 0.05) is 29.1 Å². The van der Waals surface area contributed by atoms with Crippen LogP contribution in [0.25, 0.3) is 17.0 Å². The predicted molar refractivity (Wildman–Crippen MR) is 133 cm³/mol. The molecule has 184 valence electrons. The van der Waals surface area contributed by atoms with E-state index >= 15 is 0 Å². The zero-order chi connectivity index (χ0) is 25.5. The lowest BCUT2D eigenvalue weighted by Crippen LogP contribution is -2.16. The molecule has 0 fully saturated rings. The van der Waals surface area contributed by atoms with Crippen molar-refractivity contribution < 1.29 is 28.3 Å². The first kappa shape index (κ1) is 25.6. The van der Waals surface area contributed by atoms with E-state index in [0.29, 0.717) is 24.2 Å². The number of aromatic hydroxyl groups is 1. The van der Waals surface area contributed by atoms with Crippen molar-refractivity contribution in [1.29, 1.82) is 0 Å². The third kappa shape index (κ3) is 6.29. The summed E-state index contributed by atoms with van der Waals surface area (Å²) < 4.78 is 15.6. The van der Waals surface area contributed by atoms with E-state index in [-0.39, 0.29) is 17.3 Å². The van der Waals surface area contributed by atoms with Gasteiger partial charge in [-0.1, -0.05) is 32.1 Å². The molecule has 3 rings (SSSR count). The Labute approximate surface area is 202 Å². The Balaban J connectivity index is 1.74. The van der Waals surface area contributed by atoms with E-state index in [1.165, 1.54) is 25.5 Å². The highest BCUT2D eigenvalue weighted by molar-refractivity contribution is 6.12. The van der Waals surface area contributed by atoms with E-state index in [0.717, 1.165) is 17.4 Å². The Hall–Kier alpha value is -4.07. The summed E-state index contributed by atoms with van der Waals surface area (Å²) in [4.78, 5) is 36.5. The number of allylic oxidation sites excluding steroid dienone is 2. The molecule has 35 heavy (non-hydrogen) atoms. The number of rotatable bonds is 9. The Morgan fingerprint density at radius 3 is 2.66 bits per heavy atom. The molecule has 0 saturated carbocycles. The van der Waals surface area contributed by atoms with Gasteiger partial charge in [-0.3, -0.25) is 10.1 Å². The fourth-order valence-electron chi connectivity index (χ4n) is 3.57. The fraction of sp³-hybridized carbons (Fsp3) is 0.296. The summed E-state index contributed by atoms with van der Waals surface area (Å²) in [7, 11) is 1.27. The number of nitrogens with one attached hydrogen (secondary N) is 1. The van der Waals surface area contributed by atoms with Crippen molar-refractivity contribution in [2.24, 2.45) is 0 Å². The van der Waals surface area contributed by atoms with Gasteiger partial charge in [-0.2, -0.15) is 0 Å². The van der Waals surface area contributed by atoms with Crippen LogP contribution in [-0.4, -0.2) is 24.1 Å². The quantitative estimate of drug-likeness (QED) is 0.299. The van der Waals surface area contributed by atoms with Crippen molar-refractivity contribution >= 4 is 28.9 Å². The van der Waals surface area contributed by atoms with Gasteiger partial charge in [-0.15, -0.1) is 0 Å². The van der Waals surface area contributed by atoms with Crippen LogP contribution < -0.4 is 10.9 Å². The lowest BCUT2D eigenvalue weighted by molar-refractivity contribution is 0.102. The van der Waals surface area contributed by atoms with Gasteiger partial charge in [0.2, 0.25) is 0 Å². The Bertz CT molecular complexity index is 1340. The van der Waals surface area contributed by atoms with Gasteiger partial charge < -0.3 is 18.7 Å². The number of fused-ring (bicyclic) bond motifs is 1. The largest absolute Gasteiger partial charge is 0.507 e. The van der Waals surface area contributed by atoms with E-state index in [2.05, 4.69) is 17.0 Å². The third-order valence-corrected chi connectivity index (χ3v) is 5.66. The Kier molecular flexibility index (Phi) is 8.30. The van der Waals surface area contributed by atoms with Gasteiger partial charge in [0.25, 0.3) is 0 Å². The SMILES string of the molecule is CCc1ccc2cc(C=C(C)C(=O)c3c(O)cc(C(C)CC/C=C/NC(=O)OC)oc3=O)oc2c1. The van der Waals surface area contributed by atoms with Crippen LogP contribution in [0.15, 0.2) is 61.8 Å². The maximum absolute atomic E-state index is 12.9. The summed E-state index contributed by atoms with van der Waals surface area (Å²) in [6.07, 6.45) is 6.21. The van der Waals surface area contributed by atoms with Crippen molar-refractivity contribution in [3.63, 3.8) is 0 Å². The van der Waals surface area contributed by atoms with Gasteiger partial charge in [0.1, 0.15) is 28.4 Å². The molecule has 1 aromatic carbocycles. The lowest BCUT2D eigenvalue weighted by atomic mass is 10.00. The minimum absolute atomic E-state index is 0.208. The Morgan fingerprint density at radius 1 is 1.20 bits per heavy atom. The zero-order valence-corrected chi connectivity index (χ0v) is 20.2. The number of ether oxygens (including phenoxy) is 1. The molecule has 0 aliphatic heterocycles. The Morgan fingerprint density at radius 2 is 1.97 bits per heavy atom. The number of ketones is 1. The summed E-state index contributed by atoms with van der Waals surface area (Å²) in [6.45, 7) is 5.44. The summed E-state index contributed by atoms with van der Waals surface area (Å²) in [5.41, 5.74) is 0.769. The van der Waals surface area contributed by atoms with Crippen LogP contribution in [0.5, 0.6) is 5.75 Å². The average molecular weight is 480 g/mol. The van der Waals surface area contributed by atoms with Crippen molar-refractivity contribution in [2.45, 2.75) is 46.0 Å². The van der Waals surface area contributed by atoms with Gasteiger partial charge in [-0.05, 0) is 50.0 Å². The molecule has 8 nitrogen and oxygen atoms in total. The van der Waals surface area contributed by atoms with E-state index in [1.807, 2.05) is 31.2 Å². The van der Waals surface area contributed by atoms with Crippen LogP contribution in [0, 0.1) is 0 Å². The van der Waals surface area contributed by atoms with Crippen LogP contribution in [0.4, 0.5) is 4.79 Å². The maximum Gasteiger partial charge on any atom is 0.410 e. The minimum Gasteiger partial charge on any atom is -0.507 e. The highest BCUT2D eigenvalue weighted by Gasteiger charge is 2.22. The van der Waals surface area contributed by atoms with Crippen LogP contribution in [0.3, 0.4) is 0 Å². The number of methoxy groups -OCH3 is 1. The van der Waals surface area contributed by atoms with E-state index in [1.54, 1.807) is 13.0 Å². The van der Waals surface area contributed by atoms with Gasteiger partial charge >= 0.3 is 11.7 Å². The summed E-state index contributed by atoms with van der Waals surface area (Å²) in [5.74, 6) is -0.532. The second-order valence-electron chi connectivity index (χ2n) is 8.24. The van der Waals surface area contributed by atoms with Crippen LogP contribution in [-0.2, 0) is 11.2 Å². The number of benzene rings is 1. The molecule has 1 atom stereocenters. The molecule has 2 N–H and O–H groups in total. The molecular formula is C27H29NO7. The fourth-order valence-corrected chi connectivity index (χ4v) is 3.57. The molecule has 3 aromatic rings. The number of amides is 1. The molecule has 0 saturated heterocycles. The maximum atomic E-state index is 12.9. The number of hydrogen-bond donors (Lipinski definition) is 2. The zero-order valence-electron chi connectivity index (χ0n) is 20.2. The highest BCUT2D eigenvalue weighted by Crippen LogP contribution is 2.27. The molecule has 8 heteroatoms. The van der Waals surface area contributed by atoms with Crippen molar-refractivity contribution in [2.75, 3.05) is 7.11 Å². The van der Waals surface area contributed by atoms with Crippen molar-refractivity contribution in [3.05, 3.63) is 81.2 Å². The van der Waals surface area contributed by atoms with Gasteiger partial charge in [-0.25, -0.2) is 9.59 Å². The van der Waals surface area contributed by atoms with Crippen molar-refractivity contribution in [1.82, 2.24) is 5.32 Å². The highest BCUT2D eigenvalue weighted by atomic mass is 16.5. The first-order chi connectivity index (χ1) is 16.7. The molecule has 0 bridgehead atoms. The van der Waals surface area contributed by atoms with E-state index in [4.69, 9.17) is 8.83 Å². The smallest absolute Gasteiger partial charge is 0.410 e. The molecule has 0 radical (unpaired) electrons. The lowest BCUT2D eigenvalue weighted by Gasteiger charge is -2.11. The predicted octanol–water partition coefficient (Wildman–Crippen LogP) is 5.69. The van der Waals surface area contributed by atoms with Gasteiger partial charge in [0.05, 0.1) is 7.11 Å². The molecule has 2 aromatic heterocycles. The van der Waals surface area contributed by atoms with Crippen LogP contribution in [0.1, 0.15) is 67.0 Å². The molecule has 1 amide bonds. The molecular weight excluding hydrogens is 450 g/mol. The molecule has 0 aliphatic rings. The van der Waals surface area contributed by atoms with Crippen LogP contribution >= 0.6 is 0 Å². The van der Waals surface area contributed by atoms with E-state index < -0.39 is 28.8 Å². The molecule has 0 spiro atoms. The first-order valence-electron chi connectivity index (χ1n) is 11.4. The number of furan rings is 1. The summed E-state index contributed by atoms with van der Waals surface area (Å²) in [5, 5.41) is 13.8. The van der Waals surface area contributed by atoms with Crippen LogP contribution in [0.2, 0.25) is 0 Å². The summed E-state index contributed by atoms with van der Waals surface area (Å²) in [6, 6.07) is 9.04. The molecule has 0 aliphatic carbocycles. The number of carbonyl (C=O) groups is 2. The monoisotopic (exact) mass is 479 g/mol.